The van der Waals surface area contributed by atoms with E-state index in [1.165, 1.54) is 6.07 Å². The Hall–Kier alpha value is -4.11. The van der Waals surface area contributed by atoms with E-state index in [0.29, 0.717) is 16.8 Å². The van der Waals surface area contributed by atoms with Crippen LogP contribution in [0.4, 0.5) is 5.69 Å². The number of Topliss-reactive ketones (excluding diaryl/α,β-unsaturated/α-hetero) is 2. The third-order valence-corrected chi connectivity index (χ3v) is 7.54. The Balaban J connectivity index is 1.71. The largest absolute Gasteiger partial charge is 0.508 e. The van der Waals surface area contributed by atoms with Crippen LogP contribution < -0.4 is 11.5 Å². The maximum atomic E-state index is 13.5. The molecule has 1 saturated carbocycles. The van der Waals surface area contributed by atoms with Gasteiger partial charge in [0.05, 0.1) is 5.56 Å². The van der Waals surface area contributed by atoms with Gasteiger partial charge in [-0.2, -0.15) is 0 Å². The topological polar surface area (TPSA) is 184 Å². The monoisotopic (exact) mass is 476 g/mol. The molecular weight excluding hydrogens is 452 g/mol. The summed E-state index contributed by atoms with van der Waals surface area (Å²) in [6, 6.07) is 8.62. The van der Waals surface area contributed by atoms with Crippen molar-refractivity contribution in [3.63, 3.8) is 0 Å². The molecule has 0 unspecified atom stereocenters. The molecule has 0 radical (unpaired) electrons. The van der Waals surface area contributed by atoms with Crippen LogP contribution in [-0.2, 0) is 20.8 Å². The number of fused-ring (bicyclic) bond motifs is 3. The Morgan fingerprint density at radius 1 is 1.09 bits per heavy atom. The number of primary amides is 1. The number of nitrogens with two attached hydrogens (primary N) is 2. The number of carbonyl (C=O) groups excluding carboxylic acids is 3. The fourth-order valence-electron chi connectivity index (χ4n) is 5.70. The zero-order valence-corrected chi connectivity index (χ0v) is 18.8. The van der Waals surface area contributed by atoms with Gasteiger partial charge in [0.1, 0.15) is 22.8 Å². The number of phenolic OH excluding ortho intramolecular Hbond substituents is 1. The number of aliphatic hydroxyl groups is 3. The number of hydrogen-bond donors (Lipinski definition) is 6. The third-order valence-electron chi connectivity index (χ3n) is 7.54. The molecule has 2 aromatic rings. The van der Waals surface area contributed by atoms with Gasteiger partial charge in [-0.05, 0) is 60.1 Å². The number of aliphatic hydroxyl groups excluding tert-OH is 2. The number of carbonyl (C=O) groups is 3. The number of amides is 1. The van der Waals surface area contributed by atoms with Gasteiger partial charge in [0.15, 0.2) is 11.4 Å². The fraction of sp³-hybridized carbons (Fsp3) is 0.269. The van der Waals surface area contributed by atoms with E-state index in [9.17, 15) is 34.8 Å². The Kier molecular flexibility index (Phi) is 4.82. The first-order valence-electron chi connectivity index (χ1n) is 11.2. The Labute approximate surface area is 200 Å². The molecule has 0 aromatic heterocycles. The van der Waals surface area contributed by atoms with Gasteiger partial charge >= 0.3 is 0 Å². The molecule has 3 aliphatic rings. The number of rotatable bonds is 2. The lowest BCUT2D eigenvalue weighted by Gasteiger charge is -2.46. The summed E-state index contributed by atoms with van der Waals surface area (Å²) in [5.41, 5.74) is 11.3. The van der Waals surface area contributed by atoms with E-state index in [1.54, 1.807) is 12.1 Å². The minimum absolute atomic E-state index is 0.0498. The minimum Gasteiger partial charge on any atom is -0.508 e. The first-order valence-corrected chi connectivity index (χ1v) is 11.2. The number of nitrogen functional groups attached to an aromatic ring is 1. The van der Waals surface area contributed by atoms with Crippen LogP contribution in [-0.4, -0.2) is 43.5 Å². The van der Waals surface area contributed by atoms with Crippen LogP contribution in [0.1, 0.15) is 29.5 Å². The highest BCUT2D eigenvalue weighted by atomic mass is 16.3. The van der Waals surface area contributed by atoms with E-state index in [-0.39, 0.29) is 36.1 Å². The molecular formula is C26H24N2O7. The average Bonchev–Trinajstić information content (AvgIpc) is 2.78. The summed E-state index contributed by atoms with van der Waals surface area (Å²) in [6.45, 7) is 1.87. The summed E-state index contributed by atoms with van der Waals surface area (Å²) in [5, 5.41) is 43.7. The smallest absolute Gasteiger partial charge is 0.255 e. The molecule has 9 heteroatoms. The number of hydrogen-bond acceptors (Lipinski definition) is 8. The van der Waals surface area contributed by atoms with Gasteiger partial charge in [-0.25, -0.2) is 0 Å². The molecule has 8 N–H and O–H groups in total. The third kappa shape index (κ3) is 3.01. The molecule has 180 valence electrons. The van der Waals surface area contributed by atoms with Gasteiger partial charge in [0.25, 0.3) is 5.91 Å². The minimum atomic E-state index is -2.58. The summed E-state index contributed by atoms with van der Waals surface area (Å²) >= 11 is 0. The molecule has 9 nitrogen and oxygen atoms in total. The fourth-order valence-corrected chi connectivity index (χ4v) is 5.70. The van der Waals surface area contributed by atoms with Gasteiger partial charge in [-0.15, -0.1) is 0 Å². The highest BCUT2D eigenvalue weighted by Gasteiger charge is 2.60. The molecule has 3 aliphatic carbocycles. The normalized spacial score (nSPS) is 25.8. The first kappa shape index (κ1) is 22.7. The van der Waals surface area contributed by atoms with Crippen LogP contribution in [0, 0.1) is 18.8 Å². The van der Waals surface area contributed by atoms with E-state index in [4.69, 9.17) is 11.5 Å². The maximum absolute atomic E-state index is 13.5. The second-order valence-corrected chi connectivity index (χ2v) is 9.46. The van der Waals surface area contributed by atoms with E-state index in [0.717, 1.165) is 11.1 Å². The highest BCUT2D eigenvalue weighted by Crippen LogP contribution is 2.53. The van der Waals surface area contributed by atoms with E-state index in [1.807, 2.05) is 19.1 Å². The molecule has 35 heavy (non-hydrogen) atoms. The zero-order valence-electron chi connectivity index (χ0n) is 18.8. The van der Waals surface area contributed by atoms with Crippen LogP contribution in [0.15, 0.2) is 47.2 Å². The Morgan fingerprint density at radius 3 is 2.46 bits per heavy atom. The van der Waals surface area contributed by atoms with Crippen molar-refractivity contribution in [2.75, 3.05) is 5.73 Å². The van der Waals surface area contributed by atoms with Crippen molar-refractivity contribution >= 4 is 28.9 Å². The standard InChI is InChI=1S/C26H24N2O7/c1-10-2-3-11(8-16(10)27)14-4-5-17(29)20-15(14)7-12-6-13-9-18(30)21(25(28)34)24(33)26(13,35)23(32)19(12)22(20)31/h2-5,8,12-13,29,31,33,35H,6-7,9,27H2,1H3,(H2,28,34)/t12-,13+,26+/m1/s1. The summed E-state index contributed by atoms with van der Waals surface area (Å²) < 4.78 is 0. The molecule has 0 aliphatic heterocycles. The predicted molar refractivity (Wildman–Crippen MR) is 126 cm³/mol. The molecule has 1 fully saturated rings. The summed E-state index contributed by atoms with van der Waals surface area (Å²) in [5.74, 6) is -6.49. The average molecular weight is 476 g/mol. The van der Waals surface area contributed by atoms with Gasteiger partial charge in [0, 0.05) is 23.6 Å². The van der Waals surface area contributed by atoms with Gasteiger partial charge in [0.2, 0.25) is 5.78 Å². The number of ketones is 2. The number of benzene rings is 2. The van der Waals surface area contributed by atoms with Crippen LogP contribution in [0.2, 0.25) is 0 Å². The van der Waals surface area contributed by atoms with Gasteiger partial charge < -0.3 is 31.9 Å². The molecule has 0 spiro atoms. The molecule has 0 saturated heterocycles. The molecule has 3 atom stereocenters. The van der Waals surface area contributed by atoms with Crippen molar-refractivity contribution in [2.45, 2.75) is 31.8 Å². The molecule has 1 amide bonds. The summed E-state index contributed by atoms with van der Waals surface area (Å²) in [6.07, 6.45) is -0.0523. The number of aryl methyl sites for hydroxylation is 1. The van der Waals surface area contributed by atoms with Crippen LogP contribution in [0.3, 0.4) is 0 Å². The highest BCUT2D eigenvalue weighted by molar-refractivity contribution is 6.22. The van der Waals surface area contributed by atoms with Crippen molar-refractivity contribution < 1.29 is 34.8 Å². The number of phenols is 1. The summed E-state index contributed by atoms with van der Waals surface area (Å²) in [7, 11) is 0. The van der Waals surface area contributed by atoms with E-state index >= 15 is 0 Å². The molecule has 0 bridgehead atoms. The van der Waals surface area contributed by atoms with Crippen molar-refractivity contribution in [3.05, 3.63) is 63.9 Å². The lowest BCUT2D eigenvalue weighted by atomic mass is 9.59. The number of aromatic hydroxyl groups is 1. The Bertz CT molecular complexity index is 1420. The lowest BCUT2D eigenvalue weighted by Crippen LogP contribution is -2.58. The Morgan fingerprint density at radius 2 is 1.80 bits per heavy atom. The van der Waals surface area contributed by atoms with Gasteiger partial charge in [-0.1, -0.05) is 18.2 Å². The van der Waals surface area contributed by atoms with Crippen LogP contribution in [0.25, 0.3) is 16.9 Å². The van der Waals surface area contributed by atoms with Crippen LogP contribution in [0.5, 0.6) is 5.75 Å². The first-order chi connectivity index (χ1) is 16.5. The SMILES string of the molecule is Cc1ccc(-c2ccc(O)c3c2C[C@H]2C[C@H]4CC(=O)C(C(N)=O)=C(O)[C@@]4(O)C(=O)C2=C3O)cc1N. The summed E-state index contributed by atoms with van der Waals surface area (Å²) in [4.78, 5) is 37.7. The van der Waals surface area contributed by atoms with Crippen molar-refractivity contribution in [1.29, 1.82) is 0 Å². The molecule has 2 aromatic carbocycles. The molecule has 0 heterocycles. The number of anilines is 1. The molecule has 5 rings (SSSR count). The van der Waals surface area contributed by atoms with Crippen molar-refractivity contribution in [2.24, 2.45) is 17.6 Å². The van der Waals surface area contributed by atoms with Crippen molar-refractivity contribution in [3.8, 4) is 16.9 Å². The van der Waals surface area contributed by atoms with Gasteiger partial charge in [-0.3, -0.25) is 14.4 Å². The second kappa shape index (κ2) is 7.44. The zero-order chi connectivity index (χ0) is 25.4. The predicted octanol–water partition coefficient (Wildman–Crippen LogP) is 1.98. The van der Waals surface area contributed by atoms with Crippen molar-refractivity contribution in [1.82, 2.24) is 0 Å². The van der Waals surface area contributed by atoms with E-state index < -0.39 is 52.0 Å². The lowest BCUT2D eigenvalue weighted by molar-refractivity contribution is -0.147. The van der Waals surface area contributed by atoms with E-state index in [2.05, 4.69) is 0 Å². The second-order valence-electron chi connectivity index (χ2n) is 9.46. The quantitative estimate of drug-likeness (QED) is 0.281. The maximum Gasteiger partial charge on any atom is 0.255 e. The van der Waals surface area contributed by atoms with Crippen LogP contribution >= 0.6 is 0 Å².